The summed E-state index contributed by atoms with van der Waals surface area (Å²) in [5.74, 6) is 0.198. The number of hydrogen-bond acceptors (Lipinski definition) is 4. The molecule has 190 valence electrons. The predicted molar refractivity (Wildman–Crippen MR) is 137 cm³/mol. The standard InChI is InChI=1S/C29H33FN2O4/c1-21(2)18-31-29(34)25(17-22-9-5-4-6-10-22)32(19-23-13-15-24(30)16-14-23)28(33)20-36-27-12-8-7-11-26(27)35-3/h4-16,21,25H,17-20H2,1-3H3,(H,31,34)/t25-/m1/s1. The van der Waals surface area contributed by atoms with E-state index >= 15 is 0 Å². The maximum absolute atomic E-state index is 13.6. The molecule has 0 radical (unpaired) electrons. The van der Waals surface area contributed by atoms with E-state index in [1.165, 1.54) is 24.1 Å². The fraction of sp³-hybridized carbons (Fsp3) is 0.310. The Morgan fingerprint density at radius 1 is 0.889 bits per heavy atom. The van der Waals surface area contributed by atoms with E-state index in [2.05, 4.69) is 5.32 Å². The first-order valence-corrected chi connectivity index (χ1v) is 12.0. The van der Waals surface area contributed by atoms with Crippen molar-refractivity contribution in [2.75, 3.05) is 20.3 Å². The number of halogens is 1. The van der Waals surface area contributed by atoms with Gasteiger partial charge in [0, 0.05) is 19.5 Å². The molecule has 0 fully saturated rings. The lowest BCUT2D eigenvalue weighted by molar-refractivity contribution is -0.142. The third-order valence-electron chi connectivity index (χ3n) is 5.64. The molecule has 0 heterocycles. The fourth-order valence-electron chi connectivity index (χ4n) is 3.72. The van der Waals surface area contributed by atoms with Crippen molar-refractivity contribution >= 4 is 11.8 Å². The molecule has 0 saturated carbocycles. The summed E-state index contributed by atoms with van der Waals surface area (Å²) in [6, 6.07) is 21.7. The van der Waals surface area contributed by atoms with Crippen LogP contribution in [0.25, 0.3) is 0 Å². The molecule has 0 spiro atoms. The Labute approximate surface area is 212 Å². The number of rotatable bonds is 12. The van der Waals surface area contributed by atoms with E-state index in [1.54, 1.807) is 30.3 Å². The Balaban J connectivity index is 1.90. The highest BCUT2D eigenvalue weighted by Crippen LogP contribution is 2.26. The molecule has 2 amide bonds. The first kappa shape index (κ1) is 26.7. The van der Waals surface area contributed by atoms with Gasteiger partial charge in [-0.25, -0.2) is 4.39 Å². The smallest absolute Gasteiger partial charge is 0.261 e. The van der Waals surface area contributed by atoms with Crippen LogP contribution in [0.3, 0.4) is 0 Å². The zero-order chi connectivity index (χ0) is 25.9. The lowest BCUT2D eigenvalue weighted by Gasteiger charge is -2.31. The van der Waals surface area contributed by atoms with Gasteiger partial charge in [-0.2, -0.15) is 0 Å². The summed E-state index contributed by atoms with van der Waals surface area (Å²) < 4.78 is 24.6. The van der Waals surface area contributed by atoms with Gasteiger partial charge in [0.25, 0.3) is 5.91 Å². The first-order valence-electron chi connectivity index (χ1n) is 12.0. The van der Waals surface area contributed by atoms with E-state index in [0.717, 1.165) is 5.56 Å². The van der Waals surface area contributed by atoms with Gasteiger partial charge in [0.15, 0.2) is 18.1 Å². The number of carbonyl (C=O) groups excluding carboxylic acids is 2. The van der Waals surface area contributed by atoms with Crippen molar-refractivity contribution in [2.45, 2.75) is 32.9 Å². The number of hydrogen-bond donors (Lipinski definition) is 1. The Kier molecular flexibility index (Phi) is 9.86. The summed E-state index contributed by atoms with van der Waals surface area (Å²) in [5, 5.41) is 2.97. The van der Waals surface area contributed by atoms with Gasteiger partial charge in [-0.15, -0.1) is 0 Å². The van der Waals surface area contributed by atoms with Gasteiger partial charge < -0.3 is 19.7 Å². The molecular weight excluding hydrogens is 459 g/mol. The van der Waals surface area contributed by atoms with Crippen molar-refractivity contribution in [3.63, 3.8) is 0 Å². The molecule has 0 aromatic heterocycles. The second-order valence-electron chi connectivity index (χ2n) is 8.93. The average molecular weight is 493 g/mol. The van der Waals surface area contributed by atoms with Crippen LogP contribution in [0.15, 0.2) is 78.9 Å². The van der Waals surface area contributed by atoms with Crippen LogP contribution in [-0.2, 0) is 22.6 Å². The van der Waals surface area contributed by atoms with E-state index in [4.69, 9.17) is 9.47 Å². The van der Waals surface area contributed by atoms with Gasteiger partial charge in [-0.1, -0.05) is 68.4 Å². The maximum atomic E-state index is 13.6. The van der Waals surface area contributed by atoms with E-state index < -0.39 is 6.04 Å². The molecule has 0 aliphatic carbocycles. The molecule has 0 saturated heterocycles. The van der Waals surface area contributed by atoms with E-state index in [0.29, 0.717) is 30.0 Å². The molecule has 0 unspecified atom stereocenters. The van der Waals surface area contributed by atoms with Gasteiger partial charge in [0.2, 0.25) is 5.91 Å². The van der Waals surface area contributed by atoms with Crippen molar-refractivity contribution in [1.82, 2.24) is 10.2 Å². The second kappa shape index (κ2) is 13.3. The zero-order valence-electron chi connectivity index (χ0n) is 20.9. The molecule has 3 rings (SSSR count). The summed E-state index contributed by atoms with van der Waals surface area (Å²) in [4.78, 5) is 28.5. The van der Waals surface area contributed by atoms with Crippen LogP contribution in [0.5, 0.6) is 11.5 Å². The van der Waals surface area contributed by atoms with Gasteiger partial charge in [-0.3, -0.25) is 9.59 Å². The minimum Gasteiger partial charge on any atom is -0.493 e. The summed E-state index contributed by atoms with van der Waals surface area (Å²) in [7, 11) is 1.53. The quantitative estimate of drug-likeness (QED) is 0.401. The predicted octanol–water partition coefficient (Wildman–Crippen LogP) is 4.63. The Morgan fingerprint density at radius 2 is 1.53 bits per heavy atom. The fourth-order valence-corrected chi connectivity index (χ4v) is 3.72. The van der Waals surface area contributed by atoms with Gasteiger partial charge >= 0.3 is 0 Å². The molecule has 1 atom stereocenters. The molecule has 1 N–H and O–H groups in total. The summed E-state index contributed by atoms with van der Waals surface area (Å²) in [6.07, 6.45) is 0.326. The van der Waals surface area contributed by atoms with E-state index in [-0.39, 0.29) is 36.7 Å². The molecule has 3 aromatic rings. The average Bonchev–Trinajstić information content (AvgIpc) is 2.89. The third kappa shape index (κ3) is 7.83. The number of nitrogens with zero attached hydrogens (tertiary/aromatic N) is 1. The molecule has 0 aliphatic heterocycles. The van der Waals surface area contributed by atoms with Crippen LogP contribution in [0.1, 0.15) is 25.0 Å². The summed E-state index contributed by atoms with van der Waals surface area (Å²) in [5.41, 5.74) is 1.63. The molecule has 7 heteroatoms. The van der Waals surface area contributed by atoms with Crippen LogP contribution >= 0.6 is 0 Å². The number of benzene rings is 3. The lowest BCUT2D eigenvalue weighted by atomic mass is 10.0. The maximum Gasteiger partial charge on any atom is 0.261 e. The highest BCUT2D eigenvalue weighted by molar-refractivity contribution is 5.88. The molecule has 0 bridgehead atoms. The van der Waals surface area contributed by atoms with E-state index in [1.807, 2.05) is 50.2 Å². The summed E-state index contributed by atoms with van der Waals surface area (Å²) in [6.45, 7) is 4.34. The van der Waals surface area contributed by atoms with Crippen LogP contribution in [0, 0.1) is 11.7 Å². The van der Waals surface area contributed by atoms with Crippen molar-refractivity contribution < 1.29 is 23.5 Å². The molecule has 0 aliphatic rings. The lowest BCUT2D eigenvalue weighted by Crippen LogP contribution is -2.52. The number of carbonyl (C=O) groups is 2. The van der Waals surface area contributed by atoms with Crippen LogP contribution in [0.2, 0.25) is 0 Å². The van der Waals surface area contributed by atoms with Crippen LogP contribution in [-0.4, -0.2) is 43.0 Å². The van der Waals surface area contributed by atoms with Crippen molar-refractivity contribution in [2.24, 2.45) is 5.92 Å². The SMILES string of the molecule is COc1ccccc1OCC(=O)N(Cc1ccc(F)cc1)[C@H](Cc1ccccc1)C(=O)NCC(C)C. The molecule has 6 nitrogen and oxygen atoms in total. The zero-order valence-corrected chi connectivity index (χ0v) is 20.9. The monoisotopic (exact) mass is 492 g/mol. The Morgan fingerprint density at radius 3 is 2.17 bits per heavy atom. The first-order chi connectivity index (χ1) is 17.4. The molecule has 3 aromatic carbocycles. The van der Waals surface area contributed by atoms with E-state index in [9.17, 15) is 14.0 Å². The molecule has 36 heavy (non-hydrogen) atoms. The van der Waals surface area contributed by atoms with Crippen molar-refractivity contribution in [3.8, 4) is 11.5 Å². The Hall–Kier alpha value is -3.87. The number of methoxy groups -OCH3 is 1. The highest BCUT2D eigenvalue weighted by atomic mass is 19.1. The van der Waals surface area contributed by atoms with Crippen LogP contribution in [0.4, 0.5) is 4.39 Å². The number of amides is 2. The number of para-hydroxylation sites is 2. The number of ether oxygens (including phenoxy) is 2. The minimum absolute atomic E-state index is 0.126. The van der Waals surface area contributed by atoms with Crippen molar-refractivity contribution in [1.29, 1.82) is 0 Å². The number of nitrogens with one attached hydrogen (secondary N) is 1. The molecular formula is C29H33FN2O4. The third-order valence-corrected chi connectivity index (χ3v) is 5.64. The normalized spacial score (nSPS) is 11.6. The van der Waals surface area contributed by atoms with Gasteiger partial charge in [-0.05, 0) is 41.3 Å². The second-order valence-corrected chi connectivity index (χ2v) is 8.93. The highest BCUT2D eigenvalue weighted by Gasteiger charge is 2.31. The van der Waals surface area contributed by atoms with Crippen LogP contribution < -0.4 is 14.8 Å². The van der Waals surface area contributed by atoms with Gasteiger partial charge in [0.1, 0.15) is 11.9 Å². The Bertz CT molecular complexity index is 1120. The largest absolute Gasteiger partial charge is 0.493 e. The topological polar surface area (TPSA) is 67.9 Å². The van der Waals surface area contributed by atoms with Gasteiger partial charge in [0.05, 0.1) is 7.11 Å². The summed E-state index contributed by atoms with van der Waals surface area (Å²) >= 11 is 0. The van der Waals surface area contributed by atoms with Crippen molar-refractivity contribution in [3.05, 3.63) is 95.8 Å². The minimum atomic E-state index is -0.787.